The van der Waals surface area contributed by atoms with Crippen LogP contribution in [-0.4, -0.2) is 93.6 Å². The SMILES string of the molecule is COCC(=O)N[C@H]1C=C(C(=O)OC)O[C@@H]([C@H](OC(C)=O)[C@@H](COC(C)=O)OC(C)=O)[C@@H]1OC(C)=O. The largest absolute Gasteiger partial charge is 0.475 e. The highest BCUT2D eigenvalue weighted by atomic mass is 16.6. The van der Waals surface area contributed by atoms with Crippen molar-refractivity contribution in [1.82, 2.24) is 5.32 Å². The van der Waals surface area contributed by atoms with E-state index in [-0.39, 0.29) is 6.61 Å². The molecule has 0 aliphatic carbocycles. The van der Waals surface area contributed by atoms with Gasteiger partial charge in [0.1, 0.15) is 13.2 Å². The third-order valence-corrected chi connectivity index (χ3v) is 4.32. The Balaban J connectivity index is 3.60. The third-order valence-electron chi connectivity index (χ3n) is 4.32. The van der Waals surface area contributed by atoms with Crippen molar-refractivity contribution >= 4 is 35.8 Å². The number of rotatable bonds is 11. The summed E-state index contributed by atoms with van der Waals surface area (Å²) in [5.41, 5.74) is 0. The van der Waals surface area contributed by atoms with Gasteiger partial charge in [-0.1, -0.05) is 0 Å². The highest BCUT2D eigenvalue weighted by molar-refractivity contribution is 5.87. The number of nitrogens with one attached hydrogen (secondary N) is 1. The quantitative estimate of drug-likeness (QED) is 0.266. The van der Waals surface area contributed by atoms with Gasteiger partial charge in [-0.05, 0) is 6.08 Å². The highest BCUT2D eigenvalue weighted by Crippen LogP contribution is 2.28. The first kappa shape index (κ1) is 29.4. The molecule has 14 heteroatoms. The molecule has 1 amide bonds. The van der Waals surface area contributed by atoms with E-state index < -0.39 is 78.6 Å². The summed E-state index contributed by atoms with van der Waals surface area (Å²) in [6.45, 7) is 3.34. The van der Waals surface area contributed by atoms with Gasteiger partial charge in [0.15, 0.2) is 24.4 Å². The number of ether oxygens (including phenoxy) is 7. The van der Waals surface area contributed by atoms with Crippen LogP contribution in [-0.2, 0) is 61.9 Å². The van der Waals surface area contributed by atoms with E-state index in [4.69, 9.17) is 28.4 Å². The van der Waals surface area contributed by atoms with Crippen LogP contribution >= 0.6 is 0 Å². The summed E-state index contributed by atoms with van der Waals surface area (Å²) in [6.07, 6.45) is -4.82. The van der Waals surface area contributed by atoms with E-state index in [1.165, 1.54) is 7.11 Å². The van der Waals surface area contributed by atoms with Crippen LogP contribution in [0.5, 0.6) is 0 Å². The Kier molecular flexibility index (Phi) is 11.6. The molecule has 0 fully saturated rings. The number of methoxy groups -OCH3 is 2. The first-order valence-corrected chi connectivity index (χ1v) is 10.3. The number of hydrogen-bond donors (Lipinski definition) is 1. The summed E-state index contributed by atoms with van der Waals surface area (Å²) in [4.78, 5) is 71.5. The summed E-state index contributed by atoms with van der Waals surface area (Å²) in [5, 5.41) is 2.51. The monoisotopic (exact) mass is 503 g/mol. The fourth-order valence-corrected chi connectivity index (χ4v) is 3.16. The molecule has 0 spiro atoms. The molecule has 1 heterocycles. The van der Waals surface area contributed by atoms with Crippen LogP contribution in [0, 0.1) is 0 Å². The first-order valence-electron chi connectivity index (χ1n) is 10.3. The minimum Gasteiger partial charge on any atom is -0.475 e. The normalized spacial score (nSPS) is 20.6. The van der Waals surface area contributed by atoms with Gasteiger partial charge in [-0.15, -0.1) is 0 Å². The Morgan fingerprint density at radius 2 is 1.57 bits per heavy atom. The van der Waals surface area contributed by atoms with Gasteiger partial charge in [-0.2, -0.15) is 0 Å². The number of carbonyl (C=O) groups excluding carboxylic acids is 6. The minimum atomic E-state index is -1.57. The van der Waals surface area contributed by atoms with Gasteiger partial charge in [0, 0.05) is 34.8 Å². The van der Waals surface area contributed by atoms with Crippen molar-refractivity contribution in [3.8, 4) is 0 Å². The second kappa shape index (κ2) is 13.9. The standard InChI is InChI=1S/C21H29NO13/c1-10(23)31-8-16(32-11(2)24)19(34-13(4)26)20-18(33-12(3)25)14(22-17(27)9-29-5)7-15(35-20)21(28)30-6/h7,14,16,18-20H,8-9H2,1-6H3,(H,22,27)/t14-,16+,18+,19+,20+/m0/s1. The summed E-state index contributed by atoms with van der Waals surface area (Å²) >= 11 is 0. The molecule has 0 unspecified atom stereocenters. The average Bonchev–Trinajstić information content (AvgIpc) is 2.75. The molecule has 0 saturated heterocycles. The zero-order chi connectivity index (χ0) is 26.7. The molecule has 0 saturated carbocycles. The van der Waals surface area contributed by atoms with E-state index in [2.05, 4.69) is 10.1 Å². The second-order valence-corrected chi connectivity index (χ2v) is 7.23. The molecular formula is C21H29NO13. The predicted octanol–water partition coefficient (Wildman–Crippen LogP) is -1.07. The minimum absolute atomic E-state index is 0.369. The lowest BCUT2D eigenvalue weighted by molar-refractivity contribution is -0.200. The third kappa shape index (κ3) is 9.60. The van der Waals surface area contributed by atoms with Crippen LogP contribution in [0.1, 0.15) is 27.7 Å². The Labute approximate surface area is 201 Å². The lowest BCUT2D eigenvalue weighted by Gasteiger charge is -2.41. The van der Waals surface area contributed by atoms with Crippen molar-refractivity contribution < 1.29 is 61.9 Å². The number of amides is 1. The molecule has 0 aromatic heterocycles. The van der Waals surface area contributed by atoms with Crippen molar-refractivity contribution in [3.63, 3.8) is 0 Å². The maximum atomic E-state index is 12.3. The zero-order valence-corrected chi connectivity index (χ0v) is 20.2. The van der Waals surface area contributed by atoms with Crippen LogP contribution in [0.15, 0.2) is 11.8 Å². The highest BCUT2D eigenvalue weighted by Gasteiger charge is 2.49. The summed E-state index contributed by atoms with van der Waals surface area (Å²) in [5.74, 6) is -5.26. The molecule has 1 aliphatic rings. The van der Waals surface area contributed by atoms with E-state index in [1.807, 2.05) is 0 Å². The van der Waals surface area contributed by atoms with Crippen LogP contribution in [0.25, 0.3) is 0 Å². The Bertz CT molecular complexity index is 852. The Morgan fingerprint density at radius 1 is 0.943 bits per heavy atom. The van der Waals surface area contributed by atoms with Crippen molar-refractivity contribution in [2.45, 2.75) is 58.2 Å². The lowest BCUT2D eigenvalue weighted by atomic mass is 9.93. The van der Waals surface area contributed by atoms with Gasteiger partial charge in [-0.3, -0.25) is 24.0 Å². The molecule has 5 atom stereocenters. The second-order valence-electron chi connectivity index (χ2n) is 7.23. The van der Waals surface area contributed by atoms with Crippen LogP contribution in [0.2, 0.25) is 0 Å². The van der Waals surface area contributed by atoms with E-state index in [0.29, 0.717) is 0 Å². The van der Waals surface area contributed by atoms with Crippen molar-refractivity contribution in [2.75, 3.05) is 27.4 Å². The molecule has 1 aliphatic heterocycles. The van der Waals surface area contributed by atoms with Crippen molar-refractivity contribution in [1.29, 1.82) is 0 Å². The van der Waals surface area contributed by atoms with Crippen molar-refractivity contribution in [3.05, 3.63) is 11.8 Å². The van der Waals surface area contributed by atoms with Gasteiger partial charge < -0.3 is 38.5 Å². The zero-order valence-electron chi connectivity index (χ0n) is 20.2. The Morgan fingerprint density at radius 3 is 2.06 bits per heavy atom. The Hall–Kier alpha value is -3.68. The van der Waals surface area contributed by atoms with Gasteiger partial charge in [-0.25, -0.2) is 4.79 Å². The fourth-order valence-electron chi connectivity index (χ4n) is 3.16. The molecule has 0 bridgehead atoms. The molecule has 196 valence electrons. The molecule has 14 nitrogen and oxygen atoms in total. The van der Waals surface area contributed by atoms with Gasteiger partial charge in [0.2, 0.25) is 11.7 Å². The molecule has 0 aromatic rings. The topological polar surface area (TPSA) is 179 Å². The number of hydrogen-bond acceptors (Lipinski definition) is 13. The van der Waals surface area contributed by atoms with Crippen LogP contribution in [0.4, 0.5) is 0 Å². The number of carbonyl (C=O) groups is 6. The maximum Gasteiger partial charge on any atom is 0.373 e. The number of esters is 5. The van der Waals surface area contributed by atoms with Gasteiger partial charge in [0.25, 0.3) is 0 Å². The van der Waals surface area contributed by atoms with E-state index in [0.717, 1.165) is 40.9 Å². The molecular weight excluding hydrogens is 474 g/mol. The molecule has 0 aromatic carbocycles. The molecule has 0 radical (unpaired) electrons. The van der Waals surface area contributed by atoms with Gasteiger partial charge in [0.05, 0.1) is 13.2 Å². The molecule has 1 N–H and O–H groups in total. The van der Waals surface area contributed by atoms with E-state index in [9.17, 15) is 28.8 Å². The molecule has 35 heavy (non-hydrogen) atoms. The molecule has 1 rings (SSSR count). The first-order chi connectivity index (χ1) is 16.4. The van der Waals surface area contributed by atoms with Crippen LogP contribution in [0.3, 0.4) is 0 Å². The van der Waals surface area contributed by atoms with Crippen molar-refractivity contribution in [2.24, 2.45) is 0 Å². The average molecular weight is 503 g/mol. The maximum absolute atomic E-state index is 12.3. The summed E-state index contributed by atoms with van der Waals surface area (Å²) in [6, 6.07) is -1.20. The van der Waals surface area contributed by atoms with Gasteiger partial charge >= 0.3 is 29.8 Å². The smallest absolute Gasteiger partial charge is 0.373 e. The summed E-state index contributed by atoms with van der Waals surface area (Å²) in [7, 11) is 2.35. The fraction of sp³-hybridized carbons (Fsp3) is 0.619. The lowest BCUT2D eigenvalue weighted by Crippen LogP contribution is -2.60. The summed E-state index contributed by atoms with van der Waals surface area (Å²) < 4.78 is 35.9. The predicted molar refractivity (Wildman–Crippen MR) is 112 cm³/mol. The van der Waals surface area contributed by atoms with E-state index >= 15 is 0 Å². The van der Waals surface area contributed by atoms with Crippen LogP contribution < -0.4 is 5.32 Å². The van der Waals surface area contributed by atoms with E-state index in [1.54, 1.807) is 0 Å².